The van der Waals surface area contributed by atoms with Crippen LogP contribution < -0.4 is 5.32 Å². The van der Waals surface area contributed by atoms with Gasteiger partial charge in [0.2, 0.25) is 0 Å². The summed E-state index contributed by atoms with van der Waals surface area (Å²) in [6.07, 6.45) is 1.69. The number of pyridine rings is 1. The van der Waals surface area contributed by atoms with E-state index in [1.807, 2.05) is 38.1 Å². The van der Waals surface area contributed by atoms with Gasteiger partial charge in [0.25, 0.3) is 5.91 Å². The van der Waals surface area contributed by atoms with Crippen LogP contribution >= 0.6 is 11.3 Å². The summed E-state index contributed by atoms with van der Waals surface area (Å²) in [4.78, 5) is 21.2. The lowest BCUT2D eigenvalue weighted by Gasteiger charge is -2.10. The van der Waals surface area contributed by atoms with Crippen molar-refractivity contribution in [2.45, 2.75) is 19.9 Å². The number of nitrogens with zero attached hydrogens (tertiary/aromatic N) is 2. The smallest absolute Gasteiger partial charge is 0.253 e. The predicted molar refractivity (Wildman–Crippen MR) is 85.5 cm³/mol. The average Bonchev–Trinajstić information content (AvgIpc) is 2.90. The van der Waals surface area contributed by atoms with E-state index in [-0.39, 0.29) is 11.9 Å². The molecule has 3 aromatic rings. The summed E-state index contributed by atoms with van der Waals surface area (Å²) < 4.78 is 1.09. The minimum Gasteiger partial charge on any atom is -0.350 e. The van der Waals surface area contributed by atoms with E-state index in [0.29, 0.717) is 11.3 Å². The number of aromatic nitrogens is 2. The van der Waals surface area contributed by atoms with E-state index >= 15 is 0 Å². The van der Waals surface area contributed by atoms with Gasteiger partial charge in [-0.25, -0.2) is 4.98 Å². The lowest BCUT2D eigenvalue weighted by molar-refractivity contribution is 0.0943. The van der Waals surface area contributed by atoms with Crippen LogP contribution in [0.4, 0.5) is 0 Å². The van der Waals surface area contributed by atoms with Gasteiger partial charge in [0.15, 0.2) is 0 Å². The highest BCUT2D eigenvalue weighted by Crippen LogP contribution is 2.30. The molecular formula is C16H15N3OS. The Morgan fingerprint density at radius 2 is 2.00 bits per heavy atom. The van der Waals surface area contributed by atoms with Crippen LogP contribution in [0.3, 0.4) is 0 Å². The van der Waals surface area contributed by atoms with E-state index < -0.39 is 0 Å². The Bertz CT molecular complexity index is 762. The van der Waals surface area contributed by atoms with Crippen LogP contribution in [-0.2, 0) is 0 Å². The molecule has 0 aliphatic rings. The van der Waals surface area contributed by atoms with E-state index in [4.69, 9.17) is 0 Å². The van der Waals surface area contributed by atoms with Crippen molar-refractivity contribution in [3.63, 3.8) is 0 Å². The third-order valence-electron chi connectivity index (χ3n) is 2.97. The maximum absolute atomic E-state index is 12.3. The van der Waals surface area contributed by atoms with Crippen molar-refractivity contribution in [3.8, 4) is 10.7 Å². The lowest BCUT2D eigenvalue weighted by atomic mass is 10.1. The summed E-state index contributed by atoms with van der Waals surface area (Å²) >= 11 is 1.55. The molecule has 0 aliphatic heterocycles. The molecule has 2 heterocycles. The molecule has 0 saturated heterocycles. The molecule has 0 saturated carbocycles. The van der Waals surface area contributed by atoms with Crippen LogP contribution in [0.5, 0.6) is 0 Å². The summed E-state index contributed by atoms with van der Waals surface area (Å²) in [6.45, 7) is 3.87. The normalized spacial score (nSPS) is 11.0. The van der Waals surface area contributed by atoms with E-state index in [1.165, 1.54) is 0 Å². The number of hydrogen-bond donors (Lipinski definition) is 1. The second-order valence-electron chi connectivity index (χ2n) is 5.01. The highest BCUT2D eigenvalue weighted by molar-refractivity contribution is 7.21. The Morgan fingerprint density at radius 3 is 2.76 bits per heavy atom. The quantitative estimate of drug-likeness (QED) is 0.805. The molecular weight excluding hydrogens is 282 g/mol. The van der Waals surface area contributed by atoms with Gasteiger partial charge >= 0.3 is 0 Å². The Kier molecular flexibility index (Phi) is 3.66. The standard InChI is InChI=1S/C16H15N3OS/c1-10(2)18-15(20)11-6-5-9-17-14(11)16-19-12-7-3-4-8-13(12)21-16/h3-10H,1-2H3,(H,18,20). The molecule has 1 amide bonds. The third-order valence-corrected chi connectivity index (χ3v) is 4.01. The van der Waals surface area contributed by atoms with Crippen molar-refractivity contribution in [1.82, 2.24) is 15.3 Å². The molecule has 21 heavy (non-hydrogen) atoms. The molecule has 0 aliphatic carbocycles. The Balaban J connectivity index is 2.07. The molecule has 4 nitrogen and oxygen atoms in total. The number of carbonyl (C=O) groups excluding carboxylic acids is 1. The molecule has 3 rings (SSSR count). The van der Waals surface area contributed by atoms with Gasteiger partial charge in [-0.1, -0.05) is 12.1 Å². The molecule has 1 aromatic carbocycles. The summed E-state index contributed by atoms with van der Waals surface area (Å²) in [6, 6.07) is 11.6. The molecule has 0 bridgehead atoms. The summed E-state index contributed by atoms with van der Waals surface area (Å²) in [5, 5.41) is 3.67. The molecule has 2 aromatic heterocycles. The first-order valence-corrected chi connectivity index (χ1v) is 7.58. The number of fused-ring (bicyclic) bond motifs is 1. The van der Waals surface area contributed by atoms with Gasteiger partial charge in [0.05, 0.1) is 15.8 Å². The van der Waals surface area contributed by atoms with E-state index in [1.54, 1.807) is 29.7 Å². The van der Waals surface area contributed by atoms with E-state index in [2.05, 4.69) is 15.3 Å². The third kappa shape index (κ3) is 2.78. The number of hydrogen-bond acceptors (Lipinski definition) is 4. The van der Waals surface area contributed by atoms with Crippen molar-refractivity contribution in [3.05, 3.63) is 48.2 Å². The Labute approximate surface area is 126 Å². The zero-order valence-corrected chi connectivity index (χ0v) is 12.6. The molecule has 5 heteroatoms. The monoisotopic (exact) mass is 297 g/mol. The molecule has 0 atom stereocenters. The van der Waals surface area contributed by atoms with Crippen LogP contribution in [0.1, 0.15) is 24.2 Å². The number of thiazole rings is 1. The number of carbonyl (C=O) groups is 1. The van der Waals surface area contributed by atoms with Crippen LogP contribution in [0, 0.1) is 0 Å². The minimum atomic E-state index is -0.118. The van der Waals surface area contributed by atoms with Crippen molar-refractivity contribution in [2.75, 3.05) is 0 Å². The number of amides is 1. The van der Waals surface area contributed by atoms with Crippen LogP contribution in [0.25, 0.3) is 20.9 Å². The lowest BCUT2D eigenvalue weighted by Crippen LogP contribution is -2.30. The molecule has 0 unspecified atom stereocenters. The van der Waals surface area contributed by atoms with Crippen molar-refractivity contribution >= 4 is 27.5 Å². The van der Waals surface area contributed by atoms with Gasteiger partial charge in [-0.3, -0.25) is 9.78 Å². The Hall–Kier alpha value is -2.27. The first kappa shape index (κ1) is 13.7. The fraction of sp³-hybridized carbons (Fsp3) is 0.188. The number of para-hydroxylation sites is 1. The van der Waals surface area contributed by atoms with Crippen molar-refractivity contribution < 1.29 is 4.79 Å². The average molecular weight is 297 g/mol. The maximum atomic E-state index is 12.3. The second kappa shape index (κ2) is 5.61. The first-order chi connectivity index (χ1) is 10.1. The summed E-state index contributed by atoms with van der Waals surface area (Å²) in [5.74, 6) is -0.118. The van der Waals surface area contributed by atoms with E-state index in [0.717, 1.165) is 15.2 Å². The first-order valence-electron chi connectivity index (χ1n) is 6.77. The van der Waals surface area contributed by atoms with Gasteiger partial charge in [-0.2, -0.15) is 0 Å². The fourth-order valence-corrected chi connectivity index (χ4v) is 3.05. The maximum Gasteiger partial charge on any atom is 0.253 e. The van der Waals surface area contributed by atoms with Gasteiger partial charge in [0, 0.05) is 12.2 Å². The zero-order chi connectivity index (χ0) is 14.8. The number of rotatable bonds is 3. The number of nitrogens with one attached hydrogen (secondary N) is 1. The summed E-state index contributed by atoms with van der Waals surface area (Å²) in [7, 11) is 0. The predicted octanol–water partition coefficient (Wildman–Crippen LogP) is 3.50. The van der Waals surface area contributed by atoms with Gasteiger partial charge in [-0.15, -0.1) is 11.3 Å². The zero-order valence-electron chi connectivity index (χ0n) is 11.8. The van der Waals surface area contributed by atoms with Gasteiger partial charge in [-0.05, 0) is 38.1 Å². The summed E-state index contributed by atoms with van der Waals surface area (Å²) in [5.41, 5.74) is 2.13. The Morgan fingerprint density at radius 1 is 1.19 bits per heavy atom. The van der Waals surface area contributed by atoms with E-state index in [9.17, 15) is 4.79 Å². The fourth-order valence-electron chi connectivity index (χ4n) is 2.07. The van der Waals surface area contributed by atoms with Crippen LogP contribution in [0.2, 0.25) is 0 Å². The highest BCUT2D eigenvalue weighted by atomic mass is 32.1. The molecule has 1 N–H and O–H groups in total. The van der Waals surface area contributed by atoms with Crippen molar-refractivity contribution in [2.24, 2.45) is 0 Å². The van der Waals surface area contributed by atoms with Gasteiger partial charge < -0.3 is 5.32 Å². The molecule has 0 spiro atoms. The van der Waals surface area contributed by atoms with Crippen molar-refractivity contribution in [1.29, 1.82) is 0 Å². The highest BCUT2D eigenvalue weighted by Gasteiger charge is 2.17. The topological polar surface area (TPSA) is 54.9 Å². The SMILES string of the molecule is CC(C)NC(=O)c1cccnc1-c1nc2ccccc2s1. The second-order valence-corrected chi connectivity index (χ2v) is 6.05. The molecule has 106 valence electrons. The van der Waals surface area contributed by atoms with Crippen LogP contribution in [0.15, 0.2) is 42.6 Å². The molecule has 0 fully saturated rings. The van der Waals surface area contributed by atoms with Gasteiger partial charge in [0.1, 0.15) is 10.7 Å². The molecule has 0 radical (unpaired) electrons. The number of benzene rings is 1. The largest absolute Gasteiger partial charge is 0.350 e. The minimum absolute atomic E-state index is 0.0842. The van der Waals surface area contributed by atoms with Crippen LogP contribution in [-0.4, -0.2) is 21.9 Å².